The second-order valence-corrected chi connectivity index (χ2v) is 9.75. The van der Waals surface area contributed by atoms with Crippen LogP contribution >= 0.6 is 0 Å². The van der Waals surface area contributed by atoms with E-state index < -0.39 is 24.3 Å². The number of aromatic nitrogens is 2. The van der Waals surface area contributed by atoms with Crippen molar-refractivity contribution in [3.8, 4) is 16.9 Å². The van der Waals surface area contributed by atoms with Crippen LogP contribution in [-0.2, 0) is 20.8 Å². The molecule has 0 spiro atoms. The van der Waals surface area contributed by atoms with Crippen LogP contribution in [-0.4, -0.2) is 95.2 Å². The zero-order valence-electron chi connectivity index (χ0n) is 24.2. The number of aromatic amines is 1. The summed E-state index contributed by atoms with van der Waals surface area (Å²) in [6, 6.07) is 13.0. The molecule has 0 aliphatic carbocycles. The van der Waals surface area contributed by atoms with Crippen molar-refractivity contribution in [1.82, 2.24) is 20.4 Å². The summed E-state index contributed by atoms with van der Waals surface area (Å²) in [6.45, 7) is 1.65. The maximum atomic E-state index is 12.8. The molecule has 5 N–H and O–H groups in total. The van der Waals surface area contributed by atoms with Crippen LogP contribution in [0.3, 0.4) is 0 Å². The van der Waals surface area contributed by atoms with Crippen molar-refractivity contribution in [3.63, 3.8) is 0 Å². The van der Waals surface area contributed by atoms with Crippen LogP contribution < -0.4 is 15.4 Å². The van der Waals surface area contributed by atoms with Crippen molar-refractivity contribution in [2.45, 2.75) is 18.8 Å². The molecule has 2 amide bonds. The van der Waals surface area contributed by atoms with E-state index in [9.17, 15) is 35.9 Å². The number of ether oxygens (including phenoxy) is 1. The smallest absolute Gasteiger partial charge is 0.490 e. The highest BCUT2D eigenvalue weighted by Gasteiger charge is 2.39. The number of H-pyrrole nitrogens is 1. The number of hydrogen-bond acceptors (Lipinski definition) is 7. The molecule has 0 bridgehead atoms. The molecule has 0 saturated heterocycles. The van der Waals surface area contributed by atoms with Crippen LogP contribution in [0.2, 0.25) is 0 Å². The number of rotatable bonds is 7. The minimum absolute atomic E-state index is 0.104. The minimum atomic E-state index is -5.08. The summed E-state index contributed by atoms with van der Waals surface area (Å²) in [5.74, 6) is -5.35. The molecule has 4 rings (SSSR count). The van der Waals surface area contributed by atoms with Gasteiger partial charge in [-0.25, -0.2) is 9.59 Å². The molecular formula is C28H29F6N5O7. The highest BCUT2D eigenvalue weighted by molar-refractivity contribution is 5.95. The molecule has 0 saturated carbocycles. The van der Waals surface area contributed by atoms with E-state index in [4.69, 9.17) is 24.5 Å². The molecule has 0 radical (unpaired) electrons. The zero-order chi connectivity index (χ0) is 34.7. The Morgan fingerprint density at radius 2 is 1.54 bits per heavy atom. The Labute approximate surface area is 257 Å². The second-order valence-electron chi connectivity index (χ2n) is 9.75. The van der Waals surface area contributed by atoms with Gasteiger partial charge in [-0.2, -0.15) is 31.4 Å². The number of benzene rings is 2. The molecule has 18 heteroatoms. The lowest BCUT2D eigenvalue weighted by molar-refractivity contribution is -0.193. The van der Waals surface area contributed by atoms with Gasteiger partial charge in [0.05, 0.1) is 12.1 Å². The fourth-order valence-electron chi connectivity index (χ4n) is 3.60. The molecule has 2 heterocycles. The number of aliphatic carboxylic acids is 2. The Balaban J connectivity index is 0.000000440. The number of carboxylic acid groups (broad SMARTS) is 2. The molecule has 1 aliphatic rings. The van der Waals surface area contributed by atoms with Crippen molar-refractivity contribution in [2.24, 2.45) is 5.92 Å². The van der Waals surface area contributed by atoms with Gasteiger partial charge in [0.25, 0.3) is 5.91 Å². The molecule has 46 heavy (non-hydrogen) atoms. The summed E-state index contributed by atoms with van der Waals surface area (Å²) in [5.41, 5.74) is 4.17. The van der Waals surface area contributed by atoms with Gasteiger partial charge in [-0.1, -0.05) is 12.1 Å². The van der Waals surface area contributed by atoms with E-state index in [1.807, 2.05) is 55.5 Å². The fourth-order valence-corrected chi connectivity index (χ4v) is 3.60. The number of likely N-dealkylation sites (N-methyl/N-ethyl adjacent to an activating group) is 1. The molecule has 1 aliphatic heterocycles. The predicted octanol–water partition coefficient (Wildman–Crippen LogP) is 3.82. The lowest BCUT2D eigenvalue weighted by Crippen LogP contribution is -2.33. The average Bonchev–Trinajstić information content (AvgIpc) is 3.51. The summed E-state index contributed by atoms with van der Waals surface area (Å²) in [5, 5.41) is 26.9. The van der Waals surface area contributed by atoms with Gasteiger partial charge < -0.3 is 30.5 Å². The maximum absolute atomic E-state index is 12.8. The number of carboxylic acids is 2. The largest absolute Gasteiger partial charge is 0.492 e. The monoisotopic (exact) mass is 661 g/mol. The van der Waals surface area contributed by atoms with Crippen LogP contribution in [0.4, 0.5) is 32.0 Å². The molecule has 2 aromatic carbocycles. The SMILES string of the molecule is CN(C)CCNC(=O)c1ccc2c(c1)CC(C(=O)Nc1ccc(-c3cn[nH]c3)cc1)CO2.O=C(O)C(F)(F)F.O=C(O)C(F)(F)F. The Kier molecular flexibility index (Phi) is 13.1. The standard InChI is InChI=1S/C24H27N5O3.2C2HF3O2/c1-29(2)10-9-25-23(30)17-5-8-22-18(11-17)12-19(15-32-22)24(31)28-21-6-3-16(4-7-21)20-13-26-27-14-20;2*3-2(4,5)1(6)7/h3-8,11,13-14,19H,9-10,12,15H2,1-2H3,(H,25,30)(H,26,27)(H,28,31);2*(H,6,7). The second kappa shape index (κ2) is 16.3. The summed E-state index contributed by atoms with van der Waals surface area (Å²) < 4.78 is 69.3. The van der Waals surface area contributed by atoms with Crippen molar-refractivity contribution in [1.29, 1.82) is 0 Å². The molecule has 3 aromatic rings. The number of nitrogens with one attached hydrogen (secondary N) is 3. The number of hydrogen-bond donors (Lipinski definition) is 5. The first-order valence-corrected chi connectivity index (χ1v) is 13.1. The lowest BCUT2D eigenvalue weighted by Gasteiger charge is -2.25. The number of carbonyl (C=O) groups excluding carboxylic acids is 2. The van der Waals surface area contributed by atoms with Gasteiger partial charge in [-0.3, -0.25) is 14.7 Å². The number of nitrogens with zero attached hydrogens (tertiary/aromatic N) is 2. The minimum Gasteiger partial charge on any atom is -0.492 e. The Bertz CT molecular complexity index is 1450. The highest BCUT2D eigenvalue weighted by atomic mass is 19.4. The molecule has 0 fully saturated rings. The van der Waals surface area contributed by atoms with Crippen molar-refractivity contribution >= 4 is 29.4 Å². The van der Waals surface area contributed by atoms with Crippen LogP contribution in [0.15, 0.2) is 54.9 Å². The quantitative estimate of drug-likeness (QED) is 0.236. The van der Waals surface area contributed by atoms with E-state index in [1.165, 1.54) is 0 Å². The third kappa shape index (κ3) is 12.1. The number of anilines is 1. The van der Waals surface area contributed by atoms with Gasteiger partial charge >= 0.3 is 24.3 Å². The number of fused-ring (bicyclic) bond motifs is 1. The van der Waals surface area contributed by atoms with Gasteiger partial charge in [0.1, 0.15) is 12.4 Å². The highest BCUT2D eigenvalue weighted by Crippen LogP contribution is 2.29. The van der Waals surface area contributed by atoms with Gasteiger partial charge in [-0.15, -0.1) is 0 Å². The van der Waals surface area contributed by atoms with Crippen LogP contribution in [0.25, 0.3) is 11.1 Å². The molecular weight excluding hydrogens is 632 g/mol. The van der Waals surface area contributed by atoms with E-state index in [0.717, 1.165) is 34.7 Å². The van der Waals surface area contributed by atoms with E-state index in [0.29, 0.717) is 25.1 Å². The fraction of sp³-hybridized carbons (Fsp3) is 0.321. The van der Waals surface area contributed by atoms with E-state index >= 15 is 0 Å². The third-order valence-corrected chi connectivity index (χ3v) is 5.91. The van der Waals surface area contributed by atoms with Crippen LogP contribution in [0, 0.1) is 5.92 Å². The lowest BCUT2D eigenvalue weighted by atomic mass is 9.94. The third-order valence-electron chi connectivity index (χ3n) is 5.91. The predicted molar refractivity (Wildman–Crippen MR) is 150 cm³/mol. The average molecular weight is 662 g/mol. The first-order chi connectivity index (χ1) is 21.4. The van der Waals surface area contributed by atoms with Crippen molar-refractivity contribution in [2.75, 3.05) is 39.1 Å². The Morgan fingerprint density at radius 3 is 2.04 bits per heavy atom. The number of carbonyl (C=O) groups is 4. The van der Waals surface area contributed by atoms with Crippen LogP contribution in [0.1, 0.15) is 15.9 Å². The number of halogens is 6. The Hall–Kier alpha value is -5.13. The Morgan fingerprint density at radius 1 is 0.957 bits per heavy atom. The summed E-state index contributed by atoms with van der Waals surface area (Å²) in [7, 11) is 3.92. The maximum Gasteiger partial charge on any atom is 0.490 e. The normalized spacial score (nSPS) is 13.9. The summed E-state index contributed by atoms with van der Waals surface area (Å²) in [4.78, 5) is 45.1. The molecule has 1 unspecified atom stereocenters. The van der Waals surface area contributed by atoms with Gasteiger partial charge in [0.15, 0.2) is 0 Å². The summed E-state index contributed by atoms with van der Waals surface area (Å²) in [6.07, 6.45) is -6.07. The first-order valence-electron chi connectivity index (χ1n) is 13.1. The molecule has 12 nitrogen and oxygen atoms in total. The first kappa shape index (κ1) is 37.1. The summed E-state index contributed by atoms with van der Waals surface area (Å²) >= 11 is 0. The number of alkyl halides is 6. The van der Waals surface area contributed by atoms with Gasteiger partial charge in [0, 0.05) is 36.1 Å². The van der Waals surface area contributed by atoms with E-state index in [-0.39, 0.29) is 17.7 Å². The van der Waals surface area contributed by atoms with E-state index in [2.05, 4.69) is 20.8 Å². The molecule has 1 aromatic heterocycles. The van der Waals surface area contributed by atoms with Crippen molar-refractivity contribution < 1.29 is 60.5 Å². The molecule has 1 atom stereocenters. The number of amides is 2. The van der Waals surface area contributed by atoms with Gasteiger partial charge in [0.2, 0.25) is 5.91 Å². The van der Waals surface area contributed by atoms with Crippen LogP contribution in [0.5, 0.6) is 5.75 Å². The zero-order valence-corrected chi connectivity index (χ0v) is 24.2. The van der Waals surface area contributed by atoms with E-state index in [1.54, 1.807) is 18.3 Å². The molecule has 250 valence electrons. The van der Waals surface area contributed by atoms with Crippen molar-refractivity contribution in [3.05, 3.63) is 66.0 Å². The topological polar surface area (TPSA) is 174 Å². The van der Waals surface area contributed by atoms with Gasteiger partial charge in [-0.05, 0) is 62.0 Å².